The Labute approximate surface area is 202 Å². The summed E-state index contributed by atoms with van der Waals surface area (Å²) in [6.45, 7) is 3.88. The Morgan fingerprint density at radius 2 is 1.68 bits per heavy atom. The lowest BCUT2D eigenvalue weighted by molar-refractivity contribution is 0.0529. The number of ether oxygens (including phenoxy) is 3. The number of benzene rings is 3. The highest BCUT2D eigenvalue weighted by atomic mass is 32.1. The highest BCUT2D eigenvalue weighted by Crippen LogP contribution is 2.43. The summed E-state index contributed by atoms with van der Waals surface area (Å²) in [7, 11) is 3.13. The van der Waals surface area contributed by atoms with Crippen LogP contribution in [-0.2, 0) is 4.74 Å². The molecule has 0 aliphatic heterocycles. The zero-order valence-electron chi connectivity index (χ0n) is 19.4. The first-order valence-corrected chi connectivity index (χ1v) is 11.6. The van der Waals surface area contributed by atoms with Gasteiger partial charge in [0.25, 0.3) is 5.91 Å². The summed E-state index contributed by atoms with van der Waals surface area (Å²) in [6, 6.07) is 18.7. The van der Waals surface area contributed by atoms with E-state index in [0.29, 0.717) is 33.2 Å². The monoisotopic (exact) mass is 475 g/mol. The van der Waals surface area contributed by atoms with Gasteiger partial charge in [-0.05, 0) is 48.4 Å². The standard InChI is InChI=1S/C27H25NO5S/c1-5-33-27(30)24-23(18-13-14-21(31-3)22(15-18)32-4)16(2)34-26(24)28-25(29)20-12-8-10-17-9-6-7-11-19(17)20/h6-15H,5H2,1-4H3,(H,28,29). The molecule has 0 aliphatic carbocycles. The van der Waals surface area contributed by atoms with Crippen molar-refractivity contribution < 1.29 is 23.8 Å². The number of methoxy groups -OCH3 is 2. The number of nitrogens with one attached hydrogen (secondary N) is 1. The Hall–Kier alpha value is -3.84. The summed E-state index contributed by atoms with van der Waals surface area (Å²) in [5, 5.41) is 5.21. The zero-order valence-corrected chi connectivity index (χ0v) is 20.2. The van der Waals surface area contributed by atoms with E-state index in [-0.39, 0.29) is 12.5 Å². The van der Waals surface area contributed by atoms with Crippen molar-refractivity contribution in [1.82, 2.24) is 0 Å². The Balaban J connectivity index is 1.81. The van der Waals surface area contributed by atoms with Gasteiger partial charge in [-0.25, -0.2) is 4.79 Å². The van der Waals surface area contributed by atoms with Gasteiger partial charge in [0.05, 0.1) is 20.8 Å². The molecule has 0 atom stereocenters. The van der Waals surface area contributed by atoms with Crippen LogP contribution in [0.2, 0.25) is 0 Å². The molecule has 34 heavy (non-hydrogen) atoms. The van der Waals surface area contributed by atoms with Gasteiger partial charge >= 0.3 is 5.97 Å². The molecule has 0 saturated carbocycles. The Kier molecular flexibility index (Phi) is 6.84. The molecule has 0 spiro atoms. The fourth-order valence-electron chi connectivity index (χ4n) is 3.96. The van der Waals surface area contributed by atoms with Crippen LogP contribution in [0, 0.1) is 6.92 Å². The molecule has 0 saturated heterocycles. The summed E-state index contributed by atoms with van der Waals surface area (Å²) in [4.78, 5) is 27.2. The average molecular weight is 476 g/mol. The van der Waals surface area contributed by atoms with E-state index in [1.54, 1.807) is 33.3 Å². The van der Waals surface area contributed by atoms with Crippen molar-refractivity contribution in [3.63, 3.8) is 0 Å². The number of fused-ring (bicyclic) bond motifs is 1. The van der Waals surface area contributed by atoms with Crippen LogP contribution in [0.15, 0.2) is 60.7 Å². The SMILES string of the molecule is CCOC(=O)c1c(NC(=O)c2cccc3ccccc23)sc(C)c1-c1ccc(OC)c(OC)c1. The molecule has 0 aliphatic rings. The first-order valence-electron chi connectivity index (χ1n) is 10.8. The van der Waals surface area contributed by atoms with Crippen molar-refractivity contribution in [3.05, 3.63) is 76.7 Å². The molecular formula is C27H25NO5S. The molecule has 4 aromatic rings. The van der Waals surface area contributed by atoms with Crippen molar-refractivity contribution in [2.45, 2.75) is 13.8 Å². The van der Waals surface area contributed by atoms with E-state index in [9.17, 15) is 9.59 Å². The van der Waals surface area contributed by atoms with E-state index < -0.39 is 5.97 Å². The number of thiophene rings is 1. The van der Waals surface area contributed by atoms with Crippen LogP contribution in [-0.4, -0.2) is 32.7 Å². The summed E-state index contributed by atoms with van der Waals surface area (Å²) in [5.41, 5.74) is 2.31. The number of anilines is 1. The number of carbonyl (C=O) groups excluding carboxylic acids is 2. The molecule has 7 heteroatoms. The fourth-order valence-corrected chi connectivity index (χ4v) is 5.02. The minimum absolute atomic E-state index is 0.218. The molecule has 3 aromatic carbocycles. The third-order valence-corrected chi connectivity index (χ3v) is 6.52. The van der Waals surface area contributed by atoms with E-state index in [4.69, 9.17) is 14.2 Å². The van der Waals surface area contributed by atoms with Crippen LogP contribution in [0.5, 0.6) is 11.5 Å². The Bertz CT molecular complexity index is 1370. The van der Waals surface area contributed by atoms with Crippen molar-refractivity contribution in [1.29, 1.82) is 0 Å². The Morgan fingerprint density at radius 1 is 0.941 bits per heavy atom. The predicted molar refractivity (Wildman–Crippen MR) is 135 cm³/mol. The van der Waals surface area contributed by atoms with Crippen LogP contribution < -0.4 is 14.8 Å². The van der Waals surface area contributed by atoms with Crippen LogP contribution in [0.4, 0.5) is 5.00 Å². The van der Waals surface area contributed by atoms with Crippen LogP contribution in [0.25, 0.3) is 21.9 Å². The second kappa shape index (κ2) is 9.97. The second-order valence-corrected chi connectivity index (χ2v) is 8.73. The molecular weight excluding hydrogens is 450 g/mol. The predicted octanol–water partition coefficient (Wildman–Crippen LogP) is 6.32. The van der Waals surface area contributed by atoms with Crippen molar-refractivity contribution in [2.75, 3.05) is 26.1 Å². The van der Waals surface area contributed by atoms with Gasteiger partial charge in [-0.1, -0.05) is 42.5 Å². The molecule has 174 valence electrons. The van der Waals surface area contributed by atoms with Gasteiger partial charge in [-0.15, -0.1) is 11.3 Å². The fraction of sp³-hybridized carbons (Fsp3) is 0.185. The molecule has 1 N–H and O–H groups in total. The molecule has 1 aromatic heterocycles. The molecule has 0 radical (unpaired) electrons. The molecule has 0 bridgehead atoms. The third-order valence-electron chi connectivity index (χ3n) is 5.50. The van der Waals surface area contributed by atoms with Gasteiger partial charge in [0, 0.05) is 16.0 Å². The molecule has 0 unspecified atom stereocenters. The smallest absolute Gasteiger partial charge is 0.341 e. The minimum atomic E-state index is -0.496. The van der Waals surface area contributed by atoms with Gasteiger partial charge < -0.3 is 19.5 Å². The average Bonchev–Trinajstić information content (AvgIpc) is 3.18. The van der Waals surface area contributed by atoms with Gasteiger partial charge in [0.2, 0.25) is 0 Å². The van der Waals surface area contributed by atoms with E-state index >= 15 is 0 Å². The van der Waals surface area contributed by atoms with Crippen molar-refractivity contribution in [2.24, 2.45) is 0 Å². The Morgan fingerprint density at radius 3 is 2.41 bits per heavy atom. The van der Waals surface area contributed by atoms with Crippen molar-refractivity contribution >= 4 is 39.0 Å². The van der Waals surface area contributed by atoms with E-state index in [2.05, 4.69) is 5.32 Å². The second-order valence-electron chi connectivity index (χ2n) is 7.51. The van der Waals surface area contributed by atoms with Gasteiger partial charge in [-0.3, -0.25) is 4.79 Å². The molecule has 0 fully saturated rings. The number of esters is 1. The van der Waals surface area contributed by atoms with E-state index in [0.717, 1.165) is 21.2 Å². The highest BCUT2D eigenvalue weighted by Gasteiger charge is 2.26. The lowest BCUT2D eigenvalue weighted by Gasteiger charge is -2.12. The number of aryl methyl sites for hydroxylation is 1. The number of hydrogen-bond donors (Lipinski definition) is 1. The highest BCUT2D eigenvalue weighted by molar-refractivity contribution is 7.17. The van der Waals surface area contributed by atoms with Crippen LogP contribution in [0.1, 0.15) is 32.5 Å². The van der Waals surface area contributed by atoms with Crippen LogP contribution in [0.3, 0.4) is 0 Å². The zero-order chi connectivity index (χ0) is 24.2. The van der Waals surface area contributed by atoms with E-state index in [1.807, 2.05) is 55.5 Å². The minimum Gasteiger partial charge on any atom is -0.493 e. The lowest BCUT2D eigenvalue weighted by Crippen LogP contribution is -2.15. The summed E-state index contributed by atoms with van der Waals surface area (Å²) < 4.78 is 16.2. The largest absolute Gasteiger partial charge is 0.493 e. The molecule has 1 amide bonds. The number of hydrogen-bond acceptors (Lipinski definition) is 6. The van der Waals surface area contributed by atoms with Crippen molar-refractivity contribution in [3.8, 4) is 22.6 Å². The number of amides is 1. The maximum atomic E-state index is 13.3. The topological polar surface area (TPSA) is 73.9 Å². The maximum Gasteiger partial charge on any atom is 0.341 e. The quantitative estimate of drug-likeness (QED) is 0.317. The summed E-state index contributed by atoms with van der Waals surface area (Å²) >= 11 is 1.34. The third kappa shape index (κ3) is 4.34. The van der Waals surface area contributed by atoms with Gasteiger partial charge in [0.15, 0.2) is 11.5 Å². The molecule has 1 heterocycles. The van der Waals surface area contributed by atoms with Gasteiger partial charge in [-0.2, -0.15) is 0 Å². The normalized spacial score (nSPS) is 10.7. The molecule has 6 nitrogen and oxygen atoms in total. The summed E-state index contributed by atoms with van der Waals surface area (Å²) in [6.07, 6.45) is 0. The first-order chi connectivity index (χ1) is 16.5. The molecule has 4 rings (SSSR count). The van der Waals surface area contributed by atoms with E-state index in [1.165, 1.54) is 11.3 Å². The maximum absolute atomic E-state index is 13.3. The van der Waals surface area contributed by atoms with Gasteiger partial charge in [0.1, 0.15) is 10.6 Å². The number of carbonyl (C=O) groups is 2. The summed E-state index contributed by atoms with van der Waals surface area (Å²) in [5.74, 6) is 0.343. The van der Waals surface area contributed by atoms with Crippen LogP contribution >= 0.6 is 11.3 Å². The lowest BCUT2D eigenvalue weighted by atomic mass is 10.0. The first kappa shape index (κ1) is 23.3. The number of rotatable bonds is 7.